The highest BCUT2D eigenvalue weighted by Gasteiger charge is 2.16. The maximum absolute atomic E-state index is 6.22. The van der Waals surface area contributed by atoms with Crippen molar-refractivity contribution < 1.29 is 4.52 Å². The monoisotopic (exact) mass is 424 g/mol. The summed E-state index contributed by atoms with van der Waals surface area (Å²) in [7, 11) is 0. The van der Waals surface area contributed by atoms with E-state index < -0.39 is 0 Å². The Balaban J connectivity index is 1.67. The number of halogens is 4. The van der Waals surface area contributed by atoms with Crippen molar-refractivity contribution in [2.45, 2.75) is 0 Å². The number of aromatic nitrogens is 4. The second kappa shape index (κ2) is 6.93. The summed E-state index contributed by atoms with van der Waals surface area (Å²) in [5.74, 6) is 0.622. The topological polar surface area (TPSA) is 67.6 Å². The van der Waals surface area contributed by atoms with Crippen molar-refractivity contribution in [1.82, 2.24) is 20.3 Å². The third kappa shape index (κ3) is 3.31. The molecule has 0 saturated heterocycles. The summed E-state index contributed by atoms with van der Waals surface area (Å²) in [5, 5.41) is 13.1. The Bertz CT molecular complexity index is 1020. The Kier molecular flexibility index (Phi) is 4.63. The highest BCUT2D eigenvalue weighted by molar-refractivity contribution is 6.37. The second-order valence-corrected chi connectivity index (χ2v) is 7.03. The lowest BCUT2D eigenvalue weighted by Crippen LogP contribution is -1.83. The van der Waals surface area contributed by atoms with Gasteiger partial charge in [0.1, 0.15) is 5.69 Å². The van der Waals surface area contributed by atoms with E-state index in [1.54, 1.807) is 42.5 Å². The van der Waals surface area contributed by atoms with E-state index in [0.717, 1.165) is 5.56 Å². The maximum Gasteiger partial charge on any atom is 0.276 e. The van der Waals surface area contributed by atoms with Crippen LogP contribution in [0.25, 0.3) is 34.2 Å². The minimum atomic E-state index is 0.273. The largest absolute Gasteiger partial charge is 0.332 e. The molecule has 4 rings (SSSR count). The predicted octanol–water partition coefficient (Wildman–Crippen LogP) is 6.41. The molecule has 1 N–H and O–H groups in total. The highest BCUT2D eigenvalue weighted by Crippen LogP contribution is 2.32. The molecule has 0 aliphatic rings. The minimum absolute atomic E-state index is 0.273. The van der Waals surface area contributed by atoms with E-state index in [0.29, 0.717) is 42.9 Å². The first-order chi connectivity index (χ1) is 12.5. The number of rotatable bonds is 3. The molecular formula is C17H8Cl4N4O. The third-order valence-corrected chi connectivity index (χ3v) is 4.71. The number of nitrogens with zero attached hydrogens (tertiary/aromatic N) is 3. The number of H-pyrrole nitrogens is 1. The molecule has 0 fully saturated rings. The second-order valence-electron chi connectivity index (χ2n) is 5.34. The number of aromatic amines is 1. The molecule has 4 aromatic rings. The summed E-state index contributed by atoms with van der Waals surface area (Å²) in [6.07, 6.45) is 0. The van der Waals surface area contributed by atoms with E-state index in [1.165, 1.54) is 0 Å². The third-order valence-electron chi connectivity index (χ3n) is 3.61. The first kappa shape index (κ1) is 17.4. The molecule has 26 heavy (non-hydrogen) atoms. The predicted molar refractivity (Wildman–Crippen MR) is 103 cm³/mol. The zero-order valence-electron chi connectivity index (χ0n) is 12.8. The zero-order chi connectivity index (χ0) is 18.3. The molecule has 0 saturated carbocycles. The van der Waals surface area contributed by atoms with Crippen LogP contribution in [0.4, 0.5) is 0 Å². The van der Waals surface area contributed by atoms with Gasteiger partial charge >= 0.3 is 0 Å². The van der Waals surface area contributed by atoms with Crippen LogP contribution in [-0.4, -0.2) is 20.3 Å². The van der Waals surface area contributed by atoms with Crippen LogP contribution in [0.1, 0.15) is 0 Å². The van der Waals surface area contributed by atoms with E-state index >= 15 is 0 Å². The van der Waals surface area contributed by atoms with Crippen molar-refractivity contribution in [3.8, 4) is 34.2 Å². The first-order valence-corrected chi connectivity index (χ1v) is 8.83. The van der Waals surface area contributed by atoms with Gasteiger partial charge in [-0.25, -0.2) is 0 Å². The van der Waals surface area contributed by atoms with Gasteiger partial charge in [0, 0.05) is 21.2 Å². The van der Waals surface area contributed by atoms with Crippen LogP contribution in [0.5, 0.6) is 0 Å². The Labute approximate surface area is 167 Å². The lowest BCUT2D eigenvalue weighted by Gasteiger charge is -1.99. The number of benzene rings is 2. The van der Waals surface area contributed by atoms with E-state index in [4.69, 9.17) is 50.9 Å². The van der Waals surface area contributed by atoms with Crippen molar-refractivity contribution in [3.05, 3.63) is 62.6 Å². The van der Waals surface area contributed by atoms with Crippen molar-refractivity contribution in [1.29, 1.82) is 0 Å². The van der Waals surface area contributed by atoms with Gasteiger partial charge in [0.15, 0.2) is 0 Å². The molecule has 0 spiro atoms. The van der Waals surface area contributed by atoms with Crippen molar-refractivity contribution in [2.75, 3.05) is 0 Å². The van der Waals surface area contributed by atoms with E-state index in [-0.39, 0.29) is 5.89 Å². The molecule has 130 valence electrons. The van der Waals surface area contributed by atoms with Crippen LogP contribution in [0.3, 0.4) is 0 Å². The molecule has 2 aromatic heterocycles. The molecule has 0 radical (unpaired) electrons. The smallest absolute Gasteiger partial charge is 0.276 e. The molecule has 0 aliphatic carbocycles. The quantitative estimate of drug-likeness (QED) is 0.411. The van der Waals surface area contributed by atoms with E-state index in [9.17, 15) is 0 Å². The minimum Gasteiger partial charge on any atom is -0.332 e. The standard InChI is InChI=1S/C17H8Cl4N4O/c18-8-1-3-10(12(20)5-8)14-7-15(24-23-14)17-22-16(25-26-17)11-4-2-9(19)6-13(11)21/h1-7H,(H,23,24). The molecular weight excluding hydrogens is 418 g/mol. The molecule has 0 atom stereocenters. The molecule has 9 heteroatoms. The number of hydrogen-bond donors (Lipinski definition) is 1. The summed E-state index contributed by atoms with van der Waals surface area (Å²) in [5.41, 5.74) is 2.53. The molecule has 2 aromatic carbocycles. The molecule has 5 nitrogen and oxygen atoms in total. The fourth-order valence-electron chi connectivity index (χ4n) is 2.38. The molecule has 2 heterocycles. The number of nitrogens with one attached hydrogen (secondary N) is 1. The van der Waals surface area contributed by atoms with E-state index in [2.05, 4.69) is 20.3 Å². The summed E-state index contributed by atoms with van der Waals surface area (Å²) in [4.78, 5) is 4.35. The van der Waals surface area contributed by atoms with Crippen LogP contribution >= 0.6 is 46.4 Å². The Morgan fingerprint density at radius 3 is 2.12 bits per heavy atom. The van der Waals surface area contributed by atoms with Crippen molar-refractivity contribution >= 4 is 46.4 Å². The highest BCUT2D eigenvalue weighted by atomic mass is 35.5. The fourth-order valence-corrected chi connectivity index (χ4v) is 3.38. The average molecular weight is 426 g/mol. The fraction of sp³-hybridized carbons (Fsp3) is 0. The molecule has 0 bridgehead atoms. The van der Waals surface area contributed by atoms with Gasteiger partial charge < -0.3 is 4.52 Å². The maximum atomic E-state index is 6.22. The Morgan fingerprint density at radius 1 is 0.808 bits per heavy atom. The van der Waals surface area contributed by atoms with Crippen LogP contribution in [0.2, 0.25) is 20.1 Å². The van der Waals surface area contributed by atoms with Gasteiger partial charge in [-0.1, -0.05) is 51.6 Å². The summed E-state index contributed by atoms with van der Waals surface area (Å²) < 4.78 is 5.31. The van der Waals surface area contributed by atoms with Crippen LogP contribution in [0.15, 0.2) is 47.0 Å². The van der Waals surface area contributed by atoms with Gasteiger partial charge in [0.25, 0.3) is 5.89 Å². The van der Waals surface area contributed by atoms with E-state index in [1.807, 2.05) is 0 Å². The van der Waals surface area contributed by atoms with Gasteiger partial charge in [0.05, 0.1) is 15.7 Å². The van der Waals surface area contributed by atoms with Crippen molar-refractivity contribution in [2.24, 2.45) is 0 Å². The van der Waals surface area contributed by atoms with Gasteiger partial charge in [0.2, 0.25) is 5.82 Å². The summed E-state index contributed by atoms with van der Waals surface area (Å²) in [6, 6.07) is 12.0. The van der Waals surface area contributed by atoms with Gasteiger partial charge in [-0.2, -0.15) is 10.1 Å². The van der Waals surface area contributed by atoms with Crippen LogP contribution < -0.4 is 0 Å². The zero-order valence-corrected chi connectivity index (χ0v) is 15.8. The summed E-state index contributed by atoms with van der Waals surface area (Å²) in [6.45, 7) is 0. The van der Waals surface area contributed by atoms with Gasteiger partial charge in [-0.3, -0.25) is 5.10 Å². The lowest BCUT2D eigenvalue weighted by molar-refractivity contribution is 0.431. The molecule has 0 amide bonds. The lowest BCUT2D eigenvalue weighted by atomic mass is 10.1. The van der Waals surface area contributed by atoms with Gasteiger partial charge in [-0.15, -0.1) is 0 Å². The summed E-state index contributed by atoms with van der Waals surface area (Å²) >= 11 is 24.2. The molecule has 0 unspecified atom stereocenters. The Morgan fingerprint density at radius 2 is 1.46 bits per heavy atom. The normalized spacial score (nSPS) is 11.1. The van der Waals surface area contributed by atoms with Crippen molar-refractivity contribution in [3.63, 3.8) is 0 Å². The van der Waals surface area contributed by atoms with Crippen LogP contribution in [-0.2, 0) is 0 Å². The average Bonchev–Trinajstić information content (AvgIpc) is 3.24. The molecule has 0 aliphatic heterocycles. The van der Waals surface area contributed by atoms with Crippen LogP contribution in [0, 0.1) is 0 Å². The SMILES string of the molecule is Clc1ccc(-c2cc(-c3nc(-c4ccc(Cl)cc4Cl)no3)[nH]n2)c(Cl)c1. The number of hydrogen-bond acceptors (Lipinski definition) is 4. The first-order valence-electron chi connectivity index (χ1n) is 7.31. The van der Waals surface area contributed by atoms with Gasteiger partial charge in [-0.05, 0) is 42.5 Å². The Hall–Kier alpha value is -2.05.